The number of hydrazine groups is 1. The van der Waals surface area contributed by atoms with E-state index in [0.717, 1.165) is 56.6 Å². The maximum atomic E-state index is 12.4. The number of hydrogen-bond acceptors (Lipinski definition) is 4. The Labute approximate surface area is 120 Å². The molecule has 1 aromatic rings. The van der Waals surface area contributed by atoms with Crippen LogP contribution >= 0.6 is 0 Å². The molecule has 0 atom stereocenters. The average molecular weight is 295 g/mol. The summed E-state index contributed by atoms with van der Waals surface area (Å²) >= 11 is 0. The van der Waals surface area contributed by atoms with E-state index >= 15 is 0 Å². The molecule has 1 saturated heterocycles. The van der Waals surface area contributed by atoms with E-state index in [1.807, 2.05) is 11.1 Å². The van der Waals surface area contributed by atoms with Crippen LogP contribution in [0.15, 0.2) is 23.1 Å². The lowest BCUT2D eigenvalue weighted by Gasteiger charge is -2.27. The molecule has 0 bridgehead atoms. The fourth-order valence-electron chi connectivity index (χ4n) is 2.83. The average Bonchev–Trinajstić information content (AvgIpc) is 2.47. The van der Waals surface area contributed by atoms with Gasteiger partial charge in [0, 0.05) is 25.3 Å². The molecule has 0 unspecified atom stereocenters. The molecule has 2 heterocycles. The summed E-state index contributed by atoms with van der Waals surface area (Å²) in [5.74, 6) is 0. The summed E-state index contributed by atoms with van der Waals surface area (Å²) < 4.78 is 24.8. The number of rotatable bonds is 3. The predicted octanol–water partition coefficient (Wildman–Crippen LogP) is 1.72. The van der Waals surface area contributed by atoms with Gasteiger partial charge in [0.25, 0.3) is 10.0 Å². The number of nitrogens with zero attached hydrogens (tertiary/aromatic N) is 1. The van der Waals surface area contributed by atoms with Crippen molar-refractivity contribution in [1.29, 1.82) is 0 Å². The molecule has 20 heavy (non-hydrogen) atoms. The molecule has 1 aromatic carbocycles. The van der Waals surface area contributed by atoms with Gasteiger partial charge in [-0.15, -0.1) is 4.83 Å². The van der Waals surface area contributed by atoms with Crippen LogP contribution in [0.3, 0.4) is 0 Å². The first-order chi connectivity index (χ1) is 9.65. The van der Waals surface area contributed by atoms with E-state index in [2.05, 4.69) is 10.1 Å². The van der Waals surface area contributed by atoms with E-state index in [-0.39, 0.29) is 0 Å². The summed E-state index contributed by atoms with van der Waals surface area (Å²) in [6.45, 7) is 2.56. The van der Waals surface area contributed by atoms with Gasteiger partial charge in [-0.1, -0.05) is 6.42 Å². The number of piperidine rings is 1. The fraction of sp³-hybridized carbons (Fsp3) is 0.571. The van der Waals surface area contributed by atoms with E-state index in [1.165, 1.54) is 6.42 Å². The quantitative estimate of drug-likeness (QED) is 0.891. The zero-order valence-electron chi connectivity index (χ0n) is 11.6. The standard InChI is InChI=1S/C14H21N3O2S/c18-20(19,16-17-9-2-1-3-10-17)13-6-7-14-12(11-13)5-4-8-15-14/h6-7,11,15-16H,1-5,8-10H2. The van der Waals surface area contributed by atoms with Crippen LogP contribution in [-0.2, 0) is 16.4 Å². The molecule has 3 rings (SSSR count). The van der Waals surface area contributed by atoms with E-state index in [1.54, 1.807) is 12.1 Å². The maximum absolute atomic E-state index is 12.4. The van der Waals surface area contributed by atoms with Crippen LogP contribution in [0.5, 0.6) is 0 Å². The fourth-order valence-corrected chi connectivity index (χ4v) is 4.00. The van der Waals surface area contributed by atoms with Crippen molar-refractivity contribution in [3.8, 4) is 0 Å². The molecule has 2 aliphatic heterocycles. The van der Waals surface area contributed by atoms with E-state index in [0.29, 0.717) is 4.90 Å². The van der Waals surface area contributed by atoms with Crippen molar-refractivity contribution in [1.82, 2.24) is 9.84 Å². The van der Waals surface area contributed by atoms with Crippen molar-refractivity contribution in [2.75, 3.05) is 25.0 Å². The van der Waals surface area contributed by atoms with Crippen LogP contribution in [0.2, 0.25) is 0 Å². The minimum absolute atomic E-state index is 0.366. The Morgan fingerprint density at radius 1 is 1.10 bits per heavy atom. The predicted molar refractivity (Wildman–Crippen MR) is 79.0 cm³/mol. The van der Waals surface area contributed by atoms with Crippen molar-refractivity contribution in [2.45, 2.75) is 37.0 Å². The number of anilines is 1. The molecule has 6 heteroatoms. The molecule has 0 aliphatic carbocycles. The molecule has 5 nitrogen and oxygen atoms in total. The highest BCUT2D eigenvalue weighted by Crippen LogP contribution is 2.25. The smallest absolute Gasteiger partial charge is 0.253 e. The van der Waals surface area contributed by atoms with Crippen LogP contribution in [0.25, 0.3) is 0 Å². The summed E-state index contributed by atoms with van der Waals surface area (Å²) in [6, 6.07) is 5.36. The summed E-state index contributed by atoms with van der Waals surface area (Å²) in [5, 5.41) is 5.11. The highest BCUT2D eigenvalue weighted by molar-refractivity contribution is 7.89. The third kappa shape index (κ3) is 2.97. The van der Waals surface area contributed by atoms with Crippen LogP contribution in [-0.4, -0.2) is 33.1 Å². The highest BCUT2D eigenvalue weighted by atomic mass is 32.2. The molecule has 0 aromatic heterocycles. The first kappa shape index (κ1) is 13.9. The molecular formula is C14H21N3O2S. The lowest BCUT2D eigenvalue weighted by Crippen LogP contribution is -2.44. The van der Waals surface area contributed by atoms with E-state index in [9.17, 15) is 8.42 Å². The molecular weight excluding hydrogens is 274 g/mol. The molecule has 0 spiro atoms. The first-order valence-electron chi connectivity index (χ1n) is 7.29. The lowest BCUT2D eigenvalue weighted by atomic mass is 10.0. The highest BCUT2D eigenvalue weighted by Gasteiger charge is 2.21. The summed E-state index contributed by atoms with van der Waals surface area (Å²) in [6.07, 6.45) is 5.28. The second kappa shape index (κ2) is 5.71. The van der Waals surface area contributed by atoms with Gasteiger partial charge < -0.3 is 5.32 Å². The number of hydrogen-bond donors (Lipinski definition) is 2. The minimum atomic E-state index is -3.45. The Morgan fingerprint density at radius 2 is 1.90 bits per heavy atom. The van der Waals surface area contributed by atoms with Gasteiger partial charge in [0.1, 0.15) is 0 Å². The monoisotopic (exact) mass is 295 g/mol. The molecule has 1 fully saturated rings. The third-order valence-electron chi connectivity index (χ3n) is 3.93. The SMILES string of the molecule is O=S(=O)(NN1CCCCC1)c1ccc2c(c1)CCCN2. The van der Waals surface area contributed by atoms with Crippen molar-refractivity contribution in [3.63, 3.8) is 0 Å². The van der Waals surface area contributed by atoms with Crippen molar-refractivity contribution >= 4 is 15.7 Å². The van der Waals surface area contributed by atoms with Gasteiger partial charge in [0.15, 0.2) is 0 Å². The largest absolute Gasteiger partial charge is 0.385 e. The topological polar surface area (TPSA) is 61.4 Å². The summed E-state index contributed by atoms with van der Waals surface area (Å²) in [7, 11) is -3.45. The molecule has 2 aliphatic rings. The van der Waals surface area contributed by atoms with Crippen molar-refractivity contribution in [3.05, 3.63) is 23.8 Å². The normalized spacial score (nSPS) is 20.2. The minimum Gasteiger partial charge on any atom is -0.385 e. The van der Waals surface area contributed by atoms with Gasteiger partial charge in [0.05, 0.1) is 4.90 Å². The summed E-state index contributed by atoms with van der Waals surface area (Å²) in [5.41, 5.74) is 2.16. The third-order valence-corrected chi connectivity index (χ3v) is 5.30. The summed E-state index contributed by atoms with van der Waals surface area (Å²) in [4.78, 5) is 3.07. The molecule has 0 amide bonds. The van der Waals surface area contributed by atoms with Crippen LogP contribution in [0.1, 0.15) is 31.2 Å². The van der Waals surface area contributed by atoms with Gasteiger partial charge >= 0.3 is 0 Å². The van der Waals surface area contributed by atoms with E-state index in [4.69, 9.17) is 0 Å². The van der Waals surface area contributed by atoms with Gasteiger partial charge in [-0.05, 0) is 49.4 Å². The van der Waals surface area contributed by atoms with Crippen LogP contribution in [0, 0.1) is 0 Å². The van der Waals surface area contributed by atoms with Gasteiger partial charge in [-0.3, -0.25) is 0 Å². The Kier molecular flexibility index (Phi) is 3.96. The molecule has 0 radical (unpaired) electrons. The van der Waals surface area contributed by atoms with Gasteiger partial charge in [-0.25, -0.2) is 13.4 Å². The van der Waals surface area contributed by atoms with Gasteiger partial charge in [0.2, 0.25) is 0 Å². The number of aryl methyl sites for hydroxylation is 1. The maximum Gasteiger partial charge on any atom is 0.253 e. The second-order valence-electron chi connectivity index (χ2n) is 5.49. The number of nitrogens with one attached hydrogen (secondary N) is 2. The molecule has 2 N–H and O–H groups in total. The zero-order chi connectivity index (χ0) is 14.0. The second-order valence-corrected chi connectivity index (χ2v) is 7.15. The van der Waals surface area contributed by atoms with E-state index < -0.39 is 10.0 Å². The van der Waals surface area contributed by atoms with Gasteiger partial charge in [-0.2, -0.15) is 0 Å². The number of benzene rings is 1. The number of sulfonamides is 1. The van der Waals surface area contributed by atoms with Crippen LogP contribution < -0.4 is 10.1 Å². The van der Waals surface area contributed by atoms with Crippen LogP contribution in [0.4, 0.5) is 5.69 Å². The lowest BCUT2D eigenvalue weighted by molar-refractivity contribution is 0.200. The number of fused-ring (bicyclic) bond motifs is 1. The zero-order valence-corrected chi connectivity index (χ0v) is 12.4. The van der Waals surface area contributed by atoms with Crippen molar-refractivity contribution < 1.29 is 8.42 Å². The first-order valence-corrected chi connectivity index (χ1v) is 8.78. The Bertz CT molecular complexity index is 580. The Morgan fingerprint density at radius 3 is 2.70 bits per heavy atom. The Hall–Kier alpha value is -1.11. The Balaban J connectivity index is 1.79. The molecule has 0 saturated carbocycles. The molecule has 110 valence electrons. The van der Waals surface area contributed by atoms with Crippen molar-refractivity contribution in [2.24, 2.45) is 0 Å².